The summed E-state index contributed by atoms with van der Waals surface area (Å²) in [7, 11) is 1.03. The molecule has 36 heavy (non-hydrogen) atoms. The zero-order valence-corrected chi connectivity index (χ0v) is 17.8. The van der Waals surface area contributed by atoms with Crippen molar-refractivity contribution in [3.8, 4) is 17.3 Å². The number of primary amides is 1. The van der Waals surface area contributed by atoms with Crippen molar-refractivity contribution in [2.24, 2.45) is 5.73 Å². The fourth-order valence-corrected chi connectivity index (χ4v) is 3.07. The minimum absolute atomic E-state index is 0.0366. The number of pyridine rings is 2. The summed E-state index contributed by atoms with van der Waals surface area (Å²) in [5.74, 6) is -1.91. The Kier molecular flexibility index (Phi) is 6.03. The Morgan fingerprint density at radius 2 is 1.69 bits per heavy atom. The number of nitrogens with two attached hydrogens (primary N) is 1. The Morgan fingerprint density at radius 3 is 2.33 bits per heavy atom. The van der Waals surface area contributed by atoms with Crippen LogP contribution >= 0.6 is 0 Å². The van der Waals surface area contributed by atoms with Crippen molar-refractivity contribution >= 4 is 28.6 Å². The lowest BCUT2D eigenvalue weighted by molar-refractivity contribution is -0.139. The molecule has 4 aromatic heterocycles. The van der Waals surface area contributed by atoms with Gasteiger partial charge in [0.25, 0.3) is 5.91 Å². The van der Waals surface area contributed by atoms with E-state index in [1.165, 1.54) is 12.3 Å². The maximum absolute atomic E-state index is 13.6. The van der Waals surface area contributed by atoms with Gasteiger partial charge in [-0.25, -0.2) is 15.0 Å². The van der Waals surface area contributed by atoms with Crippen LogP contribution in [-0.4, -0.2) is 43.2 Å². The van der Waals surface area contributed by atoms with Gasteiger partial charge in [-0.1, -0.05) is 0 Å². The molecular formula is C20H12F6N8O2. The molecule has 4 rings (SSSR count). The quantitative estimate of drug-likeness (QED) is 0.384. The highest BCUT2D eigenvalue weighted by Gasteiger charge is 2.37. The summed E-state index contributed by atoms with van der Waals surface area (Å²) in [5, 5.41) is 9.60. The molecule has 0 atom stereocenters. The fourth-order valence-electron chi connectivity index (χ4n) is 3.07. The Hall–Kier alpha value is -4.63. The molecule has 0 spiro atoms. The Bertz CT molecular complexity index is 1480. The third kappa shape index (κ3) is 4.77. The Labute approximate surface area is 196 Å². The minimum atomic E-state index is -4.92. The van der Waals surface area contributed by atoms with Gasteiger partial charge in [-0.3, -0.25) is 4.79 Å². The van der Waals surface area contributed by atoms with Crippen LogP contribution in [0.15, 0.2) is 36.7 Å². The summed E-state index contributed by atoms with van der Waals surface area (Å²) in [6.45, 7) is 0. The number of carbonyl (C=O) groups is 1. The third-order valence-electron chi connectivity index (χ3n) is 4.66. The molecule has 0 aliphatic rings. The lowest BCUT2D eigenvalue weighted by Crippen LogP contribution is -2.18. The zero-order chi connectivity index (χ0) is 26.3. The Morgan fingerprint density at radius 1 is 0.972 bits per heavy atom. The lowest BCUT2D eigenvalue weighted by Gasteiger charge is -2.14. The van der Waals surface area contributed by atoms with Gasteiger partial charge in [-0.05, 0) is 24.3 Å². The number of halogens is 6. The van der Waals surface area contributed by atoms with Crippen LogP contribution in [0.1, 0.15) is 21.6 Å². The number of nitrogens with zero attached hydrogens (tertiary/aromatic N) is 6. The van der Waals surface area contributed by atoms with E-state index in [9.17, 15) is 31.1 Å². The Balaban J connectivity index is 1.75. The predicted molar refractivity (Wildman–Crippen MR) is 111 cm³/mol. The molecule has 0 aromatic carbocycles. The van der Waals surface area contributed by atoms with Gasteiger partial charge in [0.2, 0.25) is 5.88 Å². The molecule has 3 N–H and O–H groups in total. The van der Waals surface area contributed by atoms with Crippen LogP contribution in [-0.2, 0) is 12.4 Å². The number of rotatable bonds is 5. The second-order valence-electron chi connectivity index (χ2n) is 7.02. The van der Waals surface area contributed by atoms with Crippen LogP contribution in [0.3, 0.4) is 0 Å². The van der Waals surface area contributed by atoms with Gasteiger partial charge in [0.1, 0.15) is 28.3 Å². The third-order valence-corrected chi connectivity index (χ3v) is 4.66. The van der Waals surface area contributed by atoms with Crippen LogP contribution in [0.4, 0.5) is 37.8 Å². The topological polar surface area (TPSA) is 142 Å². The number of alkyl halides is 6. The van der Waals surface area contributed by atoms with Crippen LogP contribution in [0.25, 0.3) is 22.6 Å². The van der Waals surface area contributed by atoms with Gasteiger partial charge in [-0.15, -0.1) is 10.2 Å². The first-order valence-electron chi connectivity index (χ1n) is 9.64. The molecular weight excluding hydrogens is 498 g/mol. The molecule has 0 saturated carbocycles. The highest BCUT2D eigenvalue weighted by molar-refractivity contribution is 5.91. The van der Waals surface area contributed by atoms with E-state index in [0.29, 0.717) is 6.07 Å². The summed E-state index contributed by atoms with van der Waals surface area (Å²) in [5.41, 5.74) is 0.993. The van der Waals surface area contributed by atoms with Crippen molar-refractivity contribution in [3.05, 3.63) is 53.5 Å². The number of hydrogen-bond acceptors (Lipinski definition) is 9. The number of amides is 1. The van der Waals surface area contributed by atoms with E-state index in [4.69, 9.17) is 10.5 Å². The maximum Gasteiger partial charge on any atom is 0.421 e. The first-order chi connectivity index (χ1) is 16.9. The highest BCUT2D eigenvalue weighted by Crippen LogP contribution is 2.37. The smallest absolute Gasteiger partial charge is 0.421 e. The average Bonchev–Trinajstić information content (AvgIpc) is 2.82. The molecule has 0 fully saturated rings. The largest absolute Gasteiger partial charge is 0.481 e. The first-order valence-corrected chi connectivity index (χ1v) is 9.64. The van der Waals surface area contributed by atoms with Crippen molar-refractivity contribution in [1.82, 2.24) is 30.1 Å². The maximum atomic E-state index is 13.6. The molecule has 1 amide bonds. The zero-order valence-electron chi connectivity index (χ0n) is 17.8. The number of hydrogen-bond donors (Lipinski definition) is 2. The van der Waals surface area contributed by atoms with Crippen molar-refractivity contribution in [1.29, 1.82) is 0 Å². The van der Waals surface area contributed by atoms with Crippen LogP contribution < -0.4 is 15.8 Å². The van der Waals surface area contributed by atoms with Gasteiger partial charge in [0, 0.05) is 6.20 Å². The van der Waals surface area contributed by atoms with Gasteiger partial charge in [-0.2, -0.15) is 31.3 Å². The number of fused-ring (bicyclic) bond motifs is 1. The van der Waals surface area contributed by atoms with Gasteiger partial charge >= 0.3 is 12.4 Å². The van der Waals surface area contributed by atoms with E-state index in [-0.39, 0.29) is 28.4 Å². The molecule has 0 unspecified atom stereocenters. The molecule has 4 aromatic rings. The number of carbonyl (C=O) groups excluding carboxylic acids is 1. The van der Waals surface area contributed by atoms with Gasteiger partial charge < -0.3 is 15.8 Å². The van der Waals surface area contributed by atoms with Crippen molar-refractivity contribution in [3.63, 3.8) is 0 Å². The molecule has 0 aliphatic carbocycles. The van der Waals surface area contributed by atoms with Gasteiger partial charge in [0.15, 0.2) is 11.3 Å². The highest BCUT2D eigenvalue weighted by atomic mass is 19.4. The van der Waals surface area contributed by atoms with E-state index in [2.05, 4.69) is 35.5 Å². The fraction of sp³-hybridized carbons (Fsp3) is 0.150. The number of anilines is 2. The second kappa shape index (κ2) is 8.86. The molecule has 0 aliphatic heterocycles. The van der Waals surface area contributed by atoms with Crippen molar-refractivity contribution in [2.45, 2.75) is 12.4 Å². The molecule has 186 valence electrons. The minimum Gasteiger partial charge on any atom is -0.481 e. The number of nitrogens with one attached hydrogen (secondary N) is 1. The SMILES string of the molecule is COc1nc(Nc2ccnc3nc(-c4nnc(C(N)=O)cc4C(F)(F)F)cnc23)ccc1C(F)(F)F. The van der Waals surface area contributed by atoms with Crippen LogP contribution in [0, 0.1) is 0 Å². The van der Waals surface area contributed by atoms with Gasteiger partial charge in [0.05, 0.1) is 24.6 Å². The molecule has 4 heterocycles. The van der Waals surface area contributed by atoms with E-state index in [1.807, 2.05) is 0 Å². The monoisotopic (exact) mass is 510 g/mol. The first kappa shape index (κ1) is 24.5. The molecule has 0 saturated heterocycles. The van der Waals surface area contributed by atoms with E-state index in [1.54, 1.807) is 0 Å². The molecule has 10 nitrogen and oxygen atoms in total. The molecule has 0 radical (unpaired) electrons. The summed E-state index contributed by atoms with van der Waals surface area (Å²) < 4.78 is 84.7. The molecule has 16 heteroatoms. The van der Waals surface area contributed by atoms with Crippen molar-refractivity contribution < 1.29 is 35.9 Å². The normalized spacial score (nSPS) is 12.0. The number of aromatic nitrogens is 6. The summed E-state index contributed by atoms with van der Waals surface area (Å²) in [6, 6.07) is 3.69. The van der Waals surface area contributed by atoms with E-state index in [0.717, 1.165) is 25.4 Å². The van der Waals surface area contributed by atoms with Crippen molar-refractivity contribution in [2.75, 3.05) is 12.4 Å². The predicted octanol–water partition coefficient (Wildman–Crippen LogP) is 3.77. The summed E-state index contributed by atoms with van der Waals surface area (Å²) in [4.78, 5) is 27.1. The van der Waals surface area contributed by atoms with E-state index < -0.39 is 46.7 Å². The van der Waals surface area contributed by atoms with E-state index >= 15 is 0 Å². The van der Waals surface area contributed by atoms with Crippen LogP contribution in [0.2, 0.25) is 0 Å². The number of ether oxygens (including phenoxy) is 1. The summed E-state index contributed by atoms with van der Waals surface area (Å²) in [6.07, 6.45) is -7.39. The van der Waals surface area contributed by atoms with Crippen LogP contribution in [0.5, 0.6) is 5.88 Å². The lowest BCUT2D eigenvalue weighted by atomic mass is 10.1. The molecule has 0 bridgehead atoms. The summed E-state index contributed by atoms with van der Waals surface area (Å²) >= 11 is 0. The average molecular weight is 510 g/mol. The second-order valence-corrected chi connectivity index (χ2v) is 7.02. The standard InChI is InChI=1S/C20H12F6N8O2/c1-36-18-8(19(21,22)23)2-3-13(32-18)30-10-4-5-28-17-15(10)29-7-12(31-17)14-9(20(24,25)26)6-11(16(27)35)33-34-14/h2-7H,1H3,(H2,27,35)(H,28,30,31,32). The number of methoxy groups -OCH3 is 1.